The number of likely N-dealkylation sites (N-methyl/N-ethyl adjacent to an activating group) is 1. The van der Waals surface area contributed by atoms with Crippen molar-refractivity contribution in [1.29, 1.82) is 26.9 Å². The van der Waals surface area contributed by atoms with E-state index in [-0.39, 0.29) is 94.4 Å². The second kappa shape index (κ2) is 47.1. The minimum Gasteiger partial charge on any atom is -0.360 e. The quantitative estimate of drug-likeness (QED) is 0.0305. The number of hydrogen-bond acceptors (Lipinski definition) is 22. The van der Waals surface area contributed by atoms with Gasteiger partial charge in [0.1, 0.15) is 40.2 Å². The van der Waals surface area contributed by atoms with Crippen molar-refractivity contribution in [2.24, 2.45) is 0 Å². The lowest BCUT2D eigenvalue weighted by atomic mass is 10.1. The Bertz CT molecular complexity index is 7470. The van der Waals surface area contributed by atoms with Gasteiger partial charge in [0.25, 0.3) is 63.7 Å². The summed E-state index contributed by atoms with van der Waals surface area (Å²) in [5, 5.41) is 47.8. The number of thiophene rings is 4. The highest BCUT2D eigenvalue weighted by molar-refractivity contribution is 7.92. The van der Waals surface area contributed by atoms with Gasteiger partial charge >= 0.3 is 0 Å². The average molecular weight is 2180 g/mol. The Morgan fingerprint density at radius 2 is 0.583 bits per heavy atom. The van der Waals surface area contributed by atoms with Crippen molar-refractivity contribution in [1.82, 2.24) is 61.3 Å². The van der Waals surface area contributed by atoms with E-state index in [1.165, 1.54) is 68.1 Å². The lowest BCUT2D eigenvalue weighted by Gasteiger charge is -2.34. The van der Waals surface area contributed by atoms with Crippen LogP contribution in [-0.4, -0.2) is 321 Å². The van der Waals surface area contributed by atoms with Crippen LogP contribution in [0.15, 0.2) is 241 Å². The summed E-state index contributed by atoms with van der Waals surface area (Å²) in [5.74, 6) is 1.02. The van der Waals surface area contributed by atoms with Crippen molar-refractivity contribution < 1.29 is 52.8 Å². The first-order chi connectivity index (χ1) is 68.8. The van der Waals surface area contributed by atoms with Gasteiger partial charge in [0, 0.05) is 242 Å². The third kappa shape index (κ3) is 25.5. The van der Waals surface area contributed by atoms with Crippen LogP contribution in [0.1, 0.15) is 88.5 Å². The van der Waals surface area contributed by atoms with Crippen molar-refractivity contribution >= 4 is 219 Å². The molecule has 4 N–H and O–H groups in total. The van der Waals surface area contributed by atoms with Crippen molar-refractivity contribution in [2.75, 3.05) is 179 Å². The molecule has 0 spiro atoms. The first-order valence-electron chi connectivity index (χ1n) is 46.5. The molecular weight excluding hydrogens is 2070 g/mol. The Morgan fingerprint density at radius 3 is 0.847 bits per heavy atom. The number of fused-ring (bicyclic) bond motifs is 4. The summed E-state index contributed by atoms with van der Waals surface area (Å²) in [6.45, 7) is 9.13. The number of hydrogen-bond donors (Lipinski definition) is 4. The molecule has 5 fully saturated rings. The predicted octanol–water partition coefficient (Wildman–Crippen LogP) is 16.7. The van der Waals surface area contributed by atoms with Gasteiger partial charge in [-0.05, 0) is 188 Å². The van der Waals surface area contributed by atoms with E-state index in [2.05, 4.69) is 23.1 Å². The van der Waals surface area contributed by atoms with E-state index in [0.29, 0.717) is 141 Å². The summed E-state index contributed by atoms with van der Waals surface area (Å²) >= 11 is 29.0. The highest BCUT2D eigenvalue weighted by Crippen LogP contribution is 2.39. The monoisotopic (exact) mass is 2170 g/mol. The van der Waals surface area contributed by atoms with Crippen LogP contribution in [0.5, 0.6) is 0 Å². The number of amidine groups is 4. The lowest BCUT2D eigenvalue weighted by Crippen LogP contribution is -2.50. The number of halogens is 4. The number of piperazine rings is 4. The Hall–Kier alpha value is -11.2. The molecule has 144 heavy (non-hydrogen) atoms. The number of carbonyl (C=O) groups excluding carboxylic acids is 4. The fourth-order valence-corrected chi connectivity index (χ4v) is 29.8. The maximum Gasteiger partial charge on any atom is 0.253 e. The molecule has 0 radical (unpaired) electrons. The molecule has 9 aromatic carbocycles. The predicted molar refractivity (Wildman–Crippen MR) is 577 cm³/mol. The summed E-state index contributed by atoms with van der Waals surface area (Å²) in [7, 11) is -4.98. The van der Waals surface area contributed by atoms with Crippen LogP contribution in [0.25, 0.3) is 40.3 Å². The number of nitrogens with zero attached hydrogens (tertiary/aromatic N) is 14. The largest absolute Gasteiger partial charge is 0.360 e. The van der Waals surface area contributed by atoms with E-state index in [9.17, 15) is 52.8 Å². The highest BCUT2D eigenvalue weighted by Gasteiger charge is 2.38. The molecule has 5 saturated heterocycles. The zero-order chi connectivity index (χ0) is 103. The van der Waals surface area contributed by atoms with Gasteiger partial charge in [-0.1, -0.05) is 150 Å². The molecule has 5 aliphatic rings. The number of sulfonamides is 4. The smallest absolute Gasteiger partial charge is 0.253 e. The Morgan fingerprint density at radius 1 is 0.319 bits per heavy atom. The van der Waals surface area contributed by atoms with Gasteiger partial charge in [-0.2, -0.15) is 22.5 Å². The van der Waals surface area contributed by atoms with E-state index < -0.39 is 40.1 Å². The summed E-state index contributed by atoms with van der Waals surface area (Å²) in [6, 6.07) is 68.3. The van der Waals surface area contributed by atoms with Gasteiger partial charge in [-0.25, -0.2) is 33.7 Å². The first kappa shape index (κ1) is 107. The summed E-state index contributed by atoms with van der Waals surface area (Å²) in [4.78, 5) is 68.4. The third-order valence-electron chi connectivity index (χ3n) is 25.5. The SMILES string of the molecule is CN(C)CCCN(C)C(=N)c1ccc(C(=O)N2CCN(S(=O)(=O)c3cc4ccc(Cl)cc4s3)CC2)cc1.CN(CCC#N)C(=N)c1ccc(C(=O)N2CCN(S(=O)(=O)c3cc4ccc(Cl)cc4s3)CC2)cc1.CN(CCc1ccccc1)C(=N)c1ccc(C(=O)N2CCN(S(=O)(=O)c3cc4ccc(Cl)cc4s3)CC2)cc1.N=C(c1ccc(C(=O)N2CCN(S(=O)(=O)c3cc4ccc(Cl)cc4s3)CC2)cc1)N1CCC1. The van der Waals surface area contributed by atoms with E-state index >= 15 is 0 Å². The molecule has 30 nitrogen and oxygen atoms in total. The van der Waals surface area contributed by atoms with Gasteiger partial charge in [0.15, 0.2) is 0 Å². The Kier molecular flexibility index (Phi) is 35.0. The topological polar surface area (TPSA) is 366 Å². The molecule has 4 amide bonds. The van der Waals surface area contributed by atoms with E-state index in [1.54, 1.807) is 195 Å². The second-order valence-corrected chi connectivity index (χ2v) is 50.1. The molecule has 754 valence electrons. The maximum atomic E-state index is 13.2. The molecule has 18 rings (SSSR count). The standard InChI is InChI=1S/C29H29ClN4O3S2.C26H32ClN5O3S2.C24H24ClN5O3S2.C23H23ClN4O3S2/c1-32(14-13-21-5-3-2-4-6-21)28(31)22-7-9-23(10-8-22)29(35)33-15-17-34(18-16-33)39(36,37)27-19-24-11-12-25(30)20-26(24)38-27;1-29(2)11-4-12-30(3)25(28)19-5-7-20(8-6-19)26(33)31-13-15-32(16-14-31)37(34,35)24-17-21-9-10-22(27)18-23(21)36-24;1-28(10-2-9-26)23(27)17-3-5-18(6-4-17)24(31)29-11-13-30(14-12-29)35(32,33)22-15-19-7-8-20(25)16-21(19)34-22;24-19-7-6-18-14-21(32-20(18)15-19)33(30,31)28-12-10-27(11-13-28)23(29)17-4-2-16(3-5-17)22(25)26-8-1-9-26/h2-12,19-20,31H,13-18H2,1H3;5-10,17-18,28H,4,11-16H2,1-3H3;3-8,15-16,27H,2,10-14H2,1H3;2-7,14-15,25H,1,8-13H2. The molecule has 9 heterocycles. The van der Waals surface area contributed by atoms with Gasteiger partial charge < -0.3 is 44.1 Å². The third-order valence-corrected chi connectivity index (χ3v) is 40.2. The van der Waals surface area contributed by atoms with E-state index in [4.69, 9.17) is 73.3 Å². The molecule has 4 aromatic heterocycles. The molecule has 13 aromatic rings. The first-order valence-corrected chi connectivity index (χ1v) is 57.0. The van der Waals surface area contributed by atoms with Gasteiger partial charge in [0.2, 0.25) is 0 Å². The summed E-state index contributed by atoms with van der Waals surface area (Å²) < 4.78 is 116. The van der Waals surface area contributed by atoms with Crippen LogP contribution in [0, 0.1) is 33.0 Å². The van der Waals surface area contributed by atoms with Crippen molar-refractivity contribution in [3.63, 3.8) is 0 Å². The van der Waals surface area contributed by atoms with Gasteiger partial charge in [0.05, 0.1) is 12.5 Å². The molecular formula is C102H108Cl4N18O12S8. The number of nitriles is 1. The highest BCUT2D eigenvalue weighted by atomic mass is 35.5. The minimum atomic E-state index is -3.66. The number of amides is 4. The molecule has 42 heteroatoms. The van der Waals surface area contributed by atoms with Gasteiger partial charge in [-0.15, -0.1) is 45.3 Å². The molecule has 0 atom stereocenters. The minimum absolute atomic E-state index is 0.120. The van der Waals surface area contributed by atoms with E-state index in [1.807, 2.05) is 91.4 Å². The van der Waals surface area contributed by atoms with Crippen LogP contribution >= 0.6 is 91.8 Å². The van der Waals surface area contributed by atoms with Crippen LogP contribution in [0.2, 0.25) is 20.1 Å². The number of benzene rings is 9. The zero-order valence-corrected chi connectivity index (χ0v) is 89.2. The number of rotatable bonds is 25. The fraction of sp³-hybridized carbons (Fsp3) is 0.304. The molecule has 0 unspecified atom stereocenters. The zero-order valence-electron chi connectivity index (χ0n) is 79.7. The molecule has 0 bridgehead atoms. The maximum absolute atomic E-state index is 13.2. The van der Waals surface area contributed by atoms with Crippen molar-refractivity contribution in [3.8, 4) is 6.07 Å². The lowest BCUT2D eigenvalue weighted by molar-refractivity contribution is 0.0692. The van der Waals surface area contributed by atoms with E-state index in [0.717, 1.165) is 102 Å². The van der Waals surface area contributed by atoms with Crippen molar-refractivity contribution in [3.05, 3.63) is 295 Å². The number of nitrogens with one attached hydrogen (secondary N) is 4. The average Bonchev–Trinajstić information content (AvgIpc) is 1.60. The number of carbonyl (C=O) groups is 4. The van der Waals surface area contributed by atoms with Crippen LogP contribution < -0.4 is 0 Å². The summed E-state index contributed by atoms with van der Waals surface area (Å²) in [6.07, 6.45) is 3.24. The van der Waals surface area contributed by atoms with Crippen LogP contribution in [-0.2, 0) is 46.5 Å². The van der Waals surface area contributed by atoms with Crippen LogP contribution in [0.4, 0.5) is 0 Å². The number of likely N-dealkylation sites (tertiary alicyclic amines) is 1. The van der Waals surface area contributed by atoms with Crippen molar-refractivity contribution in [2.45, 2.75) is 42.5 Å². The molecule has 5 aliphatic heterocycles. The molecule has 0 saturated carbocycles. The Balaban J connectivity index is 0.000000145. The Labute approximate surface area is 875 Å². The second-order valence-electron chi connectivity index (χ2n) is 35.4. The summed E-state index contributed by atoms with van der Waals surface area (Å²) in [5.41, 5.74) is 6.26. The van der Waals surface area contributed by atoms with Crippen LogP contribution in [0.3, 0.4) is 0 Å². The fourth-order valence-electron chi connectivity index (χ4n) is 16.8. The molecule has 0 aliphatic carbocycles. The van der Waals surface area contributed by atoms with Gasteiger partial charge in [-0.3, -0.25) is 40.8 Å². The normalized spacial score (nSPS) is 15.2.